The van der Waals surface area contributed by atoms with Gasteiger partial charge >= 0.3 is 0 Å². The van der Waals surface area contributed by atoms with Gasteiger partial charge in [-0.05, 0) is 30.7 Å². The first-order valence-electron chi connectivity index (χ1n) is 8.99. The van der Waals surface area contributed by atoms with E-state index >= 15 is 0 Å². The molecule has 2 aromatic rings. The fraction of sp³-hybridized carbons (Fsp3) is 0.182. The molecular formula is C22H22FIN2O4. The van der Waals surface area contributed by atoms with Crippen molar-refractivity contribution >= 4 is 34.8 Å². The van der Waals surface area contributed by atoms with E-state index < -0.39 is 17.8 Å². The summed E-state index contributed by atoms with van der Waals surface area (Å²) in [5, 5.41) is 5.28. The molecule has 0 aliphatic carbocycles. The van der Waals surface area contributed by atoms with E-state index in [1.54, 1.807) is 66.3 Å². The van der Waals surface area contributed by atoms with Gasteiger partial charge in [0.2, 0.25) is 0 Å². The Balaban J connectivity index is 1.82. The Labute approximate surface area is 188 Å². The van der Waals surface area contributed by atoms with Gasteiger partial charge in [-0.1, -0.05) is 37.4 Å². The molecule has 0 saturated heterocycles. The number of amides is 2. The van der Waals surface area contributed by atoms with Gasteiger partial charge in [-0.2, -0.15) is 0 Å². The Hall–Kier alpha value is -2.72. The lowest BCUT2D eigenvalue weighted by molar-refractivity contribution is -0.122. The van der Waals surface area contributed by atoms with Crippen molar-refractivity contribution in [3.8, 4) is 5.75 Å². The van der Waals surface area contributed by atoms with Crippen LogP contribution in [-0.4, -0.2) is 24.5 Å². The van der Waals surface area contributed by atoms with Gasteiger partial charge in [0.15, 0.2) is 6.61 Å². The van der Waals surface area contributed by atoms with E-state index in [1.807, 2.05) is 6.07 Å². The summed E-state index contributed by atoms with van der Waals surface area (Å²) in [5.41, 5.74) is 1.67. The van der Waals surface area contributed by atoms with Crippen molar-refractivity contribution in [2.75, 3.05) is 6.61 Å². The third kappa shape index (κ3) is 7.27. The molecule has 0 heterocycles. The molecule has 0 saturated carbocycles. The van der Waals surface area contributed by atoms with Crippen molar-refractivity contribution in [1.29, 1.82) is 0 Å². The third-order valence-electron chi connectivity index (χ3n) is 4.07. The largest absolute Gasteiger partial charge is 0.484 e. The predicted octanol–water partition coefficient (Wildman–Crippen LogP) is 4.21. The average Bonchev–Trinajstić information content (AvgIpc) is 2.73. The van der Waals surface area contributed by atoms with Crippen molar-refractivity contribution in [3.63, 3.8) is 0 Å². The molecule has 2 aromatic carbocycles. The summed E-state index contributed by atoms with van der Waals surface area (Å²) in [6.07, 6.45) is -0.403. The van der Waals surface area contributed by atoms with Crippen LogP contribution < -0.4 is 15.4 Å². The normalized spacial score (nSPS) is 11.3. The summed E-state index contributed by atoms with van der Waals surface area (Å²) in [7, 11) is 0. The van der Waals surface area contributed by atoms with Crippen LogP contribution in [-0.2, 0) is 7.86 Å². The molecule has 0 aliphatic heterocycles. The van der Waals surface area contributed by atoms with Crippen LogP contribution in [0.2, 0.25) is 0 Å². The third-order valence-corrected chi connectivity index (χ3v) is 4.68. The summed E-state index contributed by atoms with van der Waals surface area (Å²) in [6, 6.07) is 13.1. The Bertz CT molecular complexity index is 934. The average molecular weight is 524 g/mol. The van der Waals surface area contributed by atoms with Gasteiger partial charge in [0.05, 0.1) is 0 Å². The summed E-state index contributed by atoms with van der Waals surface area (Å²) < 4.78 is 24.1. The van der Waals surface area contributed by atoms with Crippen LogP contribution in [0.15, 0.2) is 73.1 Å². The molecule has 30 heavy (non-hydrogen) atoms. The monoisotopic (exact) mass is 524 g/mol. The molecule has 2 amide bonds. The van der Waals surface area contributed by atoms with E-state index in [1.165, 1.54) is 6.07 Å². The highest BCUT2D eigenvalue weighted by atomic mass is 127. The molecular weight excluding hydrogens is 502 g/mol. The molecule has 2 N–H and O–H groups in total. The molecule has 8 heteroatoms. The number of halogens is 2. The number of carbonyl (C=O) groups is 2. The molecule has 158 valence electrons. The van der Waals surface area contributed by atoms with Gasteiger partial charge < -0.3 is 18.4 Å². The molecule has 0 spiro atoms. The van der Waals surface area contributed by atoms with E-state index in [9.17, 15) is 14.0 Å². The highest BCUT2D eigenvalue weighted by Crippen LogP contribution is 2.17. The van der Waals surface area contributed by atoms with Crippen LogP contribution in [0.25, 0.3) is 0 Å². The fourth-order valence-corrected chi connectivity index (χ4v) is 2.90. The first-order chi connectivity index (χ1) is 14.3. The van der Waals surface area contributed by atoms with Gasteiger partial charge in [0, 0.05) is 29.4 Å². The van der Waals surface area contributed by atoms with Crippen LogP contribution in [0.4, 0.5) is 4.39 Å². The number of hydrogen-bond donors (Lipinski definition) is 2. The Morgan fingerprint density at radius 1 is 1.13 bits per heavy atom. The molecule has 0 radical (unpaired) electrons. The number of carbonyl (C=O) groups excluding carboxylic acids is 2. The lowest BCUT2D eigenvalue weighted by Crippen LogP contribution is -2.33. The van der Waals surface area contributed by atoms with E-state index in [4.69, 9.17) is 7.80 Å². The zero-order chi connectivity index (χ0) is 22.1. The molecule has 0 bridgehead atoms. The number of hydrogen-bond acceptors (Lipinski definition) is 4. The second-order valence-corrected chi connectivity index (χ2v) is 6.99. The fourth-order valence-electron chi connectivity index (χ4n) is 2.42. The molecule has 0 aliphatic rings. The number of aryl methyl sites for hydroxylation is 1. The number of nitrogens with one attached hydrogen (secondary N) is 2. The van der Waals surface area contributed by atoms with Crippen molar-refractivity contribution in [1.82, 2.24) is 10.6 Å². The lowest BCUT2D eigenvalue weighted by atomic mass is 10.1. The highest BCUT2D eigenvalue weighted by molar-refractivity contribution is 14.1. The van der Waals surface area contributed by atoms with Crippen molar-refractivity contribution < 1.29 is 21.8 Å². The maximum atomic E-state index is 13.5. The molecule has 1 atom stereocenters. The number of benzene rings is 2. The topological polar surface area (TPSA) is 76.7 Å². The molecule has 0 fully saturated rings. The maximum Gasteiger partial charge on any atom is 0.262 e. The maximum absolute atomic E-state index is 13.5. The zero-order valence-electron chi connectivity index (χ0n) is 16.4. The van der Waals surface area contributed by atoms with E-state index in [0.29, 0.717) is 22.5 Å². The van der Waals surface area contributed by atoms with Gasteiger partial charge in [-0.25, -0.2) is 4.39 Å². The van der Waals surface area contributed by atoms with Crippen molar-refractivity contribution in [2.24, 2.45) is 0 Å². The molecule has 0 aromatic heterocycles. The van der Waals surface area contributed by atoms with Crippen LogP contribution in [0, 0.1) is 12.7 Å². The summed E-state index contributed by atoms with van der Waals surface area (Å²) in [4.78, 5) is 24.3. The minimum atomic E-state index is -0.599. The first kappa shape index (κ1) is 23.6. The predicted molar refractivity (Wildman–Crippen MR) is 120 cm³/mol. The van der Waals surface area contributed by atoms with Gasteiger partial charge in [-0.3, -0.25) is 9.59 Å². The van der Waals surface area contributed by atoms with E-state index in [-0.39, 0.29) is 24.7 Å². The van der Waals surface area contributed by atoms with E-state index in [0.717, 1.165) is 0 Å². The molecule has 6 nitrogen and oxygen atoms in total. The Kier molecular flexibility index (Phi) is 9.00. The smallest absolute Gasteiger partial charge is 0.262 e. The SMILES string of the molecule is C=C(CC(OI)C(=C)NC(=O)c1ccccc1)NC(=O)COc1ccc(C)c(F)c1. The number of rotatable bonds is 10. The summed E-state index contributed by atoms with van der Waals surface area (Å²) in [5.74, 6) is -0.917. The first-order valence-corrected chi connectivity index (χ1v) is 9.87. The lowest BCUT2D eigenvalue weighted by Gasteiger charge is -2.19. The minimum absolute atomic E-state index is 0.196. The quantitative estimate of drug-likeness (QED) is 0.457. The summed E-state index contributed by atoms with van der Waals surface area (Å²) in [6.45, 7) is 8.97. The Morgan fingerprint density at radius 2 is 1.83 bits per heavy atom. The second-order valence-electron chi connectivity index (χ2n) is 6.48. The van der Waals surface area contributed by atoms with Crippen molar-refractivity contribution in [3.05, 3.63) is 90.0 Å². The van der Waals surface area contributed by atoms with Crippen LogP contribution >= 0.6 is 23.0 Å². The minimum Gasteiger partial charge on any atom is -0.484 e. The number of ether oxygens (including phenoxy) is 1. The van der Waals surface area contributed by atoms with Crippen LogP contribution in [0.5, 0.6) is 5.75 Å². The van der Waals surface area contributed by atoms with Gasteiger partial charge in [0.1, 0.15) is 40.7 Å². The molecule has 1 unspecified atom stereocenters. The summed E-state index contributed by atoms with van der Waals surface area (Å²) >= 11 is 1.70. The van der Waals surface area contributed by atoms with Gasteiger partial charge in [-0.15, -0.1) is 0 Å². The standard InChI is InChI=1S/C22H22FIN2O4/c1-14-9-10-18(12-19(14)23)29-13-21(27)25-15(2)11-20(30-24)16(3)26-22(28)17-7-5-4-6-8-17/h4-10,12,20H,2-3,11,13H2,1H3,(H,25,27)(H,26,28). The molecule has 2 rings (SSSR count). The van der Waals surface area contributed by atoms with Gasteiger partial charge in [0.25, 0.3) is 11.8 Å². The Morgan fingerprint density at radius 3 is 2.47 bits per heavy atom. The van der Waals surface area contributed by atoms with Crippen LogP contribution in [0.1, 0.15) is 22.3 Å². The zero-order valence-corrected chi connectivity index (χ0v) is 18.6. The van der Waals surface area contributed by atoms with Crippen molar-refractivity contribution in [2.45, 2.75) is 19.4 Å². The highest BCUT2D eigenvalue weighted by Gasteiger charge is 2.18. The van der Waals surface area contributed by atoms with Crippen LogP contribution in [0.3, 0.4) is 0 Å². The second kappa shape index (κ2) is 11.5. The van der Waals surface area contributed by atoms with E-state index in [2.05, 4.69) is 23.8 Å².